The van der Waals surface area contributed by atoms with Gasteiger partial charge in [-0.15, -0.1) is 0 Å². The third-order valence-electron chi connectivity index (χ3n) is 5.54. The predicted molar refractivity (Wildman–Crippen MR) is 114 cm³/mol. The van der Waals surface area contributed by atoms with Crippen LogP contribution in [0.2, 0.25) is 0 Å². The lowest BCUT2D eigenvalue weighted by molar-refractivity contribution is -0.504. The molecule has 2 aliphatic heterocycles. The summed E-state index contributed by atoms with van der Waals surface area (Å²) in [5, 5.41) is 0. The van der Waals surface area contributed by atoms with Crippen LogP contribution in [0.1, 0.15) is 36.8 Å². The maximum absolute atomic E-state index is 2.53. The normalized spacial score (nSPS) is 17.9. The fraction of sp³-hybridized carbons (Fsp3) is 0.320. The summed E-state index contributed by atoms with van der Waals surface area (Å²) < 4.78 is 2.53. The molecular formula is C25H29N2+. The highest BCUT2D eigenvalue weighted by Crippen LogP contribution is 2.24. The van der Waals surface area contributed by atoms with Crippen molar-refractivity contribution in [3.8, 4) is 0 Å². The fourth-order valence-electron chi connectivity index (χ4n) is 4.13. The highest BCUT2D eigenvalue weighted by atomic mass is 15.1. The lowest BCUT2D eigenvalue weighted by Crippen LogP contribution is -2.18. The second-order valence-corrected chi connectivity index (χ2v) is 7.42. The summed E-state index contributed by atoms with van der Waals surface area (Å²) in [4.78, 5) is 2.53. The minimum Gasteiger partial charge on any atom is -0.371 e. The Bertz CT molecular complexity index is 817. The summed E-state index contributed by atoms with van der Waals surface area (Å²) in [6, 6.07) is 21.6. The van der Waals surface area contributed by atoms with Crippen LogP contribution < -0.4 is 0 Å². The van der Waals surface area contributed by atoms with Crippen molar-refractivity contribution in [2.45, 2.75) is 25.7 Å². The highest BCUT2D eigenvalue weighted by Gasteiger charge is 2.19. The summed E-state index contributed by atoms with van der Waals surface area (Å²) in [6.45, 7) is 4.65. The first-order valence-electron chi connectivity index (χ1n) is 10.3. The number of rotatable bonds is 5. The van der Waals surface area contributed by atoms with Crippen molar-refractivity contribution in [3.05, 3.63) is 90.0 Å². The third-order valence-corrected chi connectivity index (χ3v) is 5.54. The number of hydrogen-bond acceptors (Lipinski definition) is 1. The van der Waals surface area contributed by atoms with Crippen LogP contribution in [0.25, 0.3) is 5.70 Å². The van der Waals surface area contributed by atoms with Gasteiger partial charge in [-0.25, -0.2) is 4.58 Å². The average molecular weight is 358 g/mol. The van der Waals surface area contributed by atoms with Crippen LogP contribution >= 0.6 is 0 Å². The Morgan fingerprint density at radius 2 is 1.33 bits per heavy atom. The molecule has 0 N–H and O–H groups in total. The molecule has 2 fully saturated rings. The molecule has 0 bridgehead atoms. The van der Waals surface area contributed by atoms with E-state index in [1.54, 1.807) is 0 Å². The number of benzene rings is 2. The van der Waals surface area contributed by atoms with E-state index in [2.05, 4.69) is 88.4 Å². The van der Waals surface area contributed by atoms with E-state index in [1.165, 1.54) is 48.2 Å². The monoisotopic (exact) mass is 357 g/mol. The third kappa shape index (κ3) is 4.39. The van der Waals surface area contributed by atoms with E-state index in [0.29, 0.717) is 0 Å². The van der Waals surface area contributed by atoms with Gasteiger partial charge in [-0.05, 0) is 36.6 Å². The molecule has 2 saturated heterocycles. The minimum atomic E-state index is 1.16. The Morgan fingerprint density at radius 3 is 1.96 bits per heavy atom. The molecule has 2 heterocycles. The van der Waals surface area contributed by atoms with Gasteiger partial charge < -0.3 is 4.90 Å². The molecule has 2 aliphatic rings. The number of hydrogen-bond donors (Lipinski definition) is 0. The first-order chi connectivity index (χ1) is 13.4. The summed E-state index contributed by atoms with van der Waals surface area (Å²) >= 11 is 0. The smallest absolute Gasteiger partial charge is 0.207 e. The van der Waals surface area contributed by atoms with Crippen molar-refractivity contribution < 1.29 is 4.58 Å². The van der Waals surface area contributed by atoms with Crippen LogP contribution in [-0.4, -0.2) is 41.4 Å². The van der Waals surface area contributed by atoms with Gasteiger partial charge in [0.15, 0.2) is 0 Å². The maximum atomic E-state index is 2.53. The number of allylic oxidation sites excluding steroid dienone is 3. The molecule has 0 radical (unpaired) electrons. The lowest BCUT2D eigenvalue weighted by Gasteiger charge is -2.21. The van der Waals surface area contributed by atoms with Gasteiger partial charge in [-0.2, -0.15) is 0 Å². The van der Waals surface area contributed by atoms with E-state index in [4.69, 9.17) is 0 Å². The van der Waals surface area contributed by atoms with Gasteiger partial charge in [-0.1, -0.05) is 54.6 Å². The van der Waals surface area contributed by atoms with Gasteiger partial charge in [0.2, 0.25) is 5.71 Å². The molecule has 0 spiro atoms. The van der Waals surface area contributed by atoms with Crippen molar-refractivity contribution in [3.63, 3.8) is 0 Å². The van der Waals surface area contributed by atoms with E-state index in [-0.39, 0.29) is 0 Å². The summed E-state index contributed by atoms with van der Waals surface area (Å²) in [6.07, 6.45) is 12.0. The van der Waals surface area contributed by atoms with Gasteiger partial charge in [0, 0.05) is 43.3 Å². The Kier molecular flexibility index (Phi) is 5.83. The topological polar surface area (TPSA) is 6.25 Å². The summed E-state index contributed by atoms with van der Waals surface area (Å²) in [5.74, 6) is 0. The molecule has 4 rings (SSSR count). The molecule has 27 heavy (non-hydrogen) atoms. The van der Waals surface area contributed by atoms with E-state index < -0.39 is 0 Å². The molecule has 0 unspecified atom stereocenters. The molecule has 0 aliphatic carbocycles. The molecule has 0 saturated carbocycles. The molecule has 2 heteroatoms. The van der Waals surface area contributed by atoms with Crippen molar-refractivity contribution in [1.29, 1.82) is 0 Å². The zero-order chi connectivity index (χ0) is 18.3. The molecule has 0 atom stereocenters. The SMILES string of the molecule is C(/C=C/C(c1ccccc1)=[N+]1CCCC1)=C(\c1ccccc1)N1CCCC1. The zero-order valence-electron chi connectivity index (χ0n) is 16.1. The lowest BCUT2D eigenvalue weighted by atomic mass is 10.1. The van der Waals surface area contributed by atoms with Gasteiger partial charge in [0.05, 0.1) is 0 Å². The van der Waals surface area contributed by atoms with Gasteiger partial charge in [0.1, 0.15) is 13.1 Å². The van der Waals surface area contributed by atoms with Gasteiger partial charge in [0.25, 0.3) is 0 Å². The number of nitrogens with zero attached hydrogens (tertiary/aromatic N) is 2. The Hall–Kier alpha value is -2.61. The first kappa shape index (κ1) is 17.8. The second kappa shape index (κ2) is 8.85. The van der Waals surface area contributed by atoms with Crippen molar-refractivity contribution in [1.82, 2.24) is 4.90 Å². The number of likely N-dealkylation sites (tertiary alicyclic amines) is 1. The van der Waals surface area contributed by atoms with E-state index in [0.717, 1.165) is 26.2 Å². The van der Waals surface area contributed by atoms with Crippen LogP contribution in [0.5, 0.6) is 0 Å². The van der Waals surface area contributed by atoms with Crippen molar-refractivity contribution in [2.75, 3.05) is 26.2 Å². The second-order valence-electron chi connectivity index (χ2n) is 7.42. The fourth-order valence-corrected chi connectivity index (χ4v) is 4.13. The van der Waals surface area contributed by atoms with E-state index in [9.17, 15) is 0 Å². The molecule has 0 amide bonds. The molecule has 2 aromatic rings. The van der Waals surface area contributed by atoms with Gasteiger partial charge >= 0.3 is 0 Å². The molecule has 0 aromatic heterocycles. The van der Waals surface area contributed by atoms with Crippen LogP contribution in [0.3, 0.4) is 0 Å². The zero-order valence-corrected chi connectivity index (χ0v) is 16.1. The quantitative estimate of drug-likeness (QED) is 0.540. The van der Waals surface area contributed by atoms with Crippen molar-refractivity contribution in [2.24, 2.45) is 0 Å². The molecule has 2 nitrogen and oxygen atoms in total. The van der Waals surface area contributed by atoms with Crippen LogP contribution in [0.4, 0.5) is 0 Å². The Balaban J connectivity index is 1.66. The summed E-state index contributed by atoms with van der Waals surface area (Å²) in [7, 11) is 0. The maximum Gasteiger partial charge on any atom is 0.207 e. The Morgan fingerprint density at radius 1 is 0.741 bits per heavy atom. The average Bonchev–Trinajstić information content (AvgIpc) is 3.44. The minimum absolute atomic E-state index is 1.16. The van der Waals surface area contributed by atoms with Gasteiger partial charge in [-0.3, -0.25) is 0 Å². The van der Waals surface area contributed by atoms with Crippen LogP contribution in [0, 0.1) is 0 Å². The molecule has 2 aromatic carbocycles. The van der Waals surface area contributed by atoms with E-state index >= 15 is 0 Å². The standard InChI is InChI=1S/C25H29N2/c1-3-12-22(13-4-1)24(26-18-7-8-19-26)16-11-17-25(27-20-9-10-21-27)23-14-5-2-6-15-23/h1-6,11-17H,7-10,18-21H2/q+1. The Labute approximate surface area is 163 Å². The van der Waals surface area contributed by atoms with Crippen LogP contribution in [0.15, 0.2) is 78.9 Å². The van der Waals surface area contributed by atoms with Crippen LogP contribution in [-0.2, 0) is 0 Å². The molecular weight excluding hydrogens is 328 g/mol. The predicted octanol–water partition coefficient (Wildman–Crippen LogP) is 4.98. The molecule has 138 valence electrons. The van der Waals surface area contributed by atoms with Crippen molar-refractivity contribution >= 4 is 11.4 Å². The largest absolute Gasteiger partial charge is 0.371 e. The highest BCUT2D eigenvalue weighted by molar-refractivity contribution is 6.05. The first-order valence-corrected chi connectivity index (χ1v) is 10.3. The summed E-state index contributed by atoms with van der Waals surface area (Å²) in [5.41, 5.74) is 5.31. The van der Waals surface area contributed by atoms with E-state index in [1.807, 2.05) is 0 Å².